The maximum absolute atomic E-state index is 6.42. The summed E-state index contributed by atoms with van der Waals surface area (Å²) >= 11 is 0. The summed E-state index contributed by atoms with van der Waals surface area (Å²) in [5, 5.41) is 2.25. The lowest BCUT2D eigenvalue weighted by molar-refractivity contribution is 0.615. The molecule has 1 aliphatic rings. The average Bonchev–Trinajstić information content (AvgIpc) is 3.50. The minimum Gasteiger partial charge on any atom is -0.464 e. The molecule has 0 saturated heterocycles. The molecule has 2 heterocycles. The van der Waals surface area contributed by atoms with Crippen molar-refractivity contribution < 1.29 is 8.83 Å². The van der Waals surface area contributed by atoms with Gasteiger partial charge in [-0.1, -0.05) is 43.0 Å². The van der Waals surface area contributed by atoms with Crippen LogP contribution in [0.15, 0.2) is 93.5 Å². The van der Waals surface area contributed by atoms with Gasteiger partial charge in [0.05, 0.1) is 6.26 Å². The summed E-state index contributed by atoms with van der Waals surface area (Å²) in [6.45, 7) is 10.4. The Kier molecular flexibility index (Phi) is 4.36. The van der Waals surface area contributed by atoms with E-state index in [1.165, 1.54) is 22.3 Å². The van der Waals surface area contributed by atoms with Crippen LogP contribution in [-0.4, -0.2) is 0 Å². The van der Waals surface area contributed by atoms with Crippen LogP contribution in [0.25, 0.3) is 38.8 Å². The van der Waals surface area contributed by atoms with Gasteiger partial charge in [-0.25, -0.2) is 0 Å². The van der Waals surface area contributed by atoms with Crippen LogP contribution in [0, 0.1) is 13.8 Å². The average molecular weight is 392 g/mol. The van der Waals surface area contributed by atoms with Gasteiger partial charge in [0.15, 0.2) is 0 Å². The SMILES string of the molecule is C=CC(=C1CC=CC1=CC)c1ccc(C)c2oc(-c3ccc4occc4c3C)cc12. The van der Waals surface area contributed by atoms with E-state index in [9.17, 15) is 0 Å². The maximum atomic E-state index is 6.42. The Labute approximate surface area is 176 Å². The predicted molar refractivity (Wildman–Crippen MR) is 126 cm³/mol. The number of aryl methyl sites for hydroxylation is 2. The first kappa shape index (κ1) is 18.5. The molecule has 0 fully saturated rings. The number of rotatable bonds is 3. The summed E-state index contributed by atoms with van der Waals surface area (Å²) in [4.78, 5) is 0. The lowest BCUT2D eigenvalue weighted by Crippen LogP contribution is -1.91. The van der Waals surface area contributed by atoms with Crippen molar-refractivity contribution in [1.82, 2.24) is 0 Å². The van der Waals surface area contributed by atoms with E-state index in [2.05, 4.69) is 69.8 Å². The third-order valence-corrected chi connectivity index (χ3v) is 6.15. The van der Waals surface area contributed by atoms with E-state index in [-0.39, 0.29) is 0 Å². The van der Waals surface area contributed by atoms with Crippen molar-refractivity contribution in [3.63, 3.8) is 0 Å². The topological polar surface area (TPSA) is 26.3 Å². The molecule has 2 heteroatoms. The van der Waals surface area contributed by atoms with E-state index in [1.807, 2.05) is 18.2 Å². The van der Waals surface area contributed by atoms with Crippen LogP contribution in [-0.2, 0) is 0 Å². The molecular formula is C28H24O2. The second kappa shape index (κ2) is 7.07. The van der Waals surface area contributed by atoms with Gasteiger partial charge in [-0.15, -0.1) is 0 Å². The largest absolute Gasteiger partial charge is 0.464 e. The van der Waals surface area contributed by atoms with Gasteiger partial charge in [0.1, 0.15) is 16.9 Å². The van der Waals surface area contributed by atoms with Crippen LogP contribution in [0.1, 0.15) is 30.0 Å². The van der Waals surface area contributed by atoms with E-state index >= 15 is 0 Å². The van der Waals surface area contributed by atoms with Gasteiger partial charge in [-0.3, -0.25) is 0 Å². The highest BCUT2D eigenvalue weighted by Crippen LogP contribution is 2.40. The summed E-state index contributed by atoms with van der Waals surface area (Å²) in [7, 11) is 0. The predicted octanol–water partition coefficient (Wildman–Crippen LogP) is 8.31. The summed E-state index contributed by atoms with van der Waals surface area (Å²) in [5.74, 6) is 0.880. The number of hydrogen-bond acceptors (Lipinski definition) is 2. The fourth-order valence-corrected chi connectivity index (χ4v) is 4.54. The quantitative estimate of drug-likeness (QED) is 0.350. The Hall–Kier alpha value is -3.52. The number of benzene rings is 2. The van der Waals surface area contributed by atoms with Crippen molar-refractivity contribution in [3.8, 4) is 11.3 Å². The molecule has 0 unspecified atom stereocenters. The first-order valence-electron chi connectivity index (χ1n) is 10.3. The molecule has 0 aliphatic heterocycles. The highest BCUT2D eigenvalue weighted by atomic mass is 16.3. The monoisotopic (exact) mass is 392 g/mol. The Morgan fingerprint density at radius 3 is 2.73 bits per heavy atom. The molecule has 0 N–H and O–H groups in total. The van der Waals surface area contributed by atoms with Crippen LogP contribution in [0.3, 0.4) is 0 Å². The summed E-state index contributed by atoms with van der Waals surface area (Å²) in [5.41, 5.74) is 10.1. The Morgan fingerprint density at radius 2 is 1.93 bits per heavy atom. The molecule has 0 amide bonds. The molecule has 4 aromatic rings. The molecule has 0 radical (unpaired) electrons. The number of furan rings is 2. The van der Waals surface area contributed by atoms with Crippen LogP contribution in [0.4, 0.5) is 0 Å². The standard InChI is InChI=1S/C28H24O2/c1-5-19-8-7-9-23(19)20(6-2)24-11-10-17(3)28-25(24)16-27(30-28)21-12-13-26-22(18(21)4)14-15-29-26/h5-8,10-16H,2,9H2,1,3-4H3. The van der Waals surface area contributed by atoms with Crippen molar-refractivity contribution >= 4 is 27.5 Å². The number of fused-ring (bicyclic) bond motifs is 2. The maximum Gasteiger partial charge on any atom is 0.138 e. The third kappa shape index (κ3) is 2.72. The van der Waals surface area contributed by atoms with Gasteiger partial charge < -0.3 is 8.83 Å². The van der Waals surface area contributed by atoms with Gasteiger partial charge >= 0.3 is 0 Å². The minimum absolute atomic E-state index is 0.880. The molecule has 148 valence electrons. The summed E-state index contributed by atoms with van der Waals surface area (Å²) in [6.07, 6.45) is 11.2. The lowest BCUT2D eigenvalue weighted by atomic mass is 9.92. The van der Waals surface area contributed by atoms with E-state index in [4.69, 9.17) is 8.83 Å². The summed E-state index contributed by atoms with van der Waals surface area (Å²) in [6, 6.07) is 12.6. The molecule has 1 aliphatic carbocycles. The molecule has 0 atom stereocenters. The molecule has 5 rings (SSSR count). The fraction of sp³-hybridized carbons (Fsp3) is 0.143. The van der Waals surface area contributed by atoms with E-state index < -0.39 is 0 Å². The van der Waals surface area contributed by atoms with Crippen molar-refractivity contribution in [2.45, 2.75) is 27.2 Å². The fourth-order valence-electron chi connectivity index (χ4n) is 4.54. The van der Waals surface area contributed by atoms with Gasteiger partial charge in [-0.2, -0.15) is 0 Å². The highest BCUT2D eigenvalue weighted by molar-refractivity contribution is 6.00. The van der Waals surface area contributed by atoms with Crippen molar-refractivity contribution in [3.05, 3.63) is 101 Å². The van der Waals surface area contributed by atoms with E-state index in [0.717, 1.165) is 50.8 Å². The van der Waals surface area contributed by atoms with Crippen molar-refractivity contribution in [2.24, 2.45) is 0 Å². The van der Waals surface area contributed by atoms with E-state index in [1.54, 1.807) is 6.26 Å². The van der Waals surface area contributed by atoms with Crippen LogP contribution in [0.2, 0.25) is 0 Å². The zero-order valence-electron chi connectivity index (χ0n) is 17.6. The normalized spacial score (nSPS) is 16.8. The van der Waals surface area contributed by atoms with Crippen LogP contribution < -0.4 is 0 Å². The highest BCUT2D eigenvalue weighted by Gasteiger charge is 2.19. The third-order valence-electron chi connectivity index (χ3n) is 6.15. The Balaban J connectivity index is 1.75. The zero-order valence-corrected chi connectivity index (χ0v) is 17.6. The molecule has 2 aromatic heterocycles. The number of hydrogen-bond donors (Lipinski definition) is 0. The molecule has 2 nitrogen and oxygen atoms in total. The minimum atomic E-state index is 0.880. The first-order valence-corrected chi connectivity index (χ1v) is 10.3. The van der Waals surface area contributed by atoms with Crippen molar-refractivity contribution in [1.29, 1.82) is 0 Å². The van der Waals surface area contributed by atoms with Gasteiger partial charge in [-0.05, 0) is 84.9 Å². The van der Waals surface area contributed by atoms with Gasteiger partial charge in [0.25, 0.3) is 0 Å². The second-order valence-corrected chi connectivity index (χ2v) is 7.80. The molecule has 0 spiro atoms. The molecule has 0 bridgehead atoms. The van der Waals surface area contributed by atoms with Crippen LogP contribution >= 0.6 is 0 Å². The van der Waals surface area contributed by atoms with Gasteiger partial charge in [0.2, 0.25) is 0 Å². The smallest absolute Gasteiger partial charge is 0.138 e. The molecule has 30 heavy (non-hydrogen) atoms. The molecule has 2 aromatic carbocycles. The van der Waals surface area contributed by atoms with Crippen molar-refractivity contribution in [2.75, 3.05) is 0 Å². The summed E-state index contributed by atoms with van der Waals surface area (Å²) < 4.78 is 12.0. The Morgan fingerprint density at radius 1 is 1.07 bits per heavy atom. The van der Waals surface area contributed by atoms with Gasteiger partial charge in [0, 0.05) is 16.3 Å². The first-order chi connectivity index (χ1) is 14.6. The van der Waals surface area contributed by atoms with E-state index in [0.29, 0.717) is 0 Å². The number of allylic oxidation sites excluding steroid dienone is 7. The lowest BCUT2D eigenvalue weighted by Gasteiger charge is -2.11. The second-order valence-electron chi connectivity index (χ2n) is 7.80. The molecular weight excluding hydrogens is 368 g/mol. The van der Waals surface area contributed by atoms with Crippen LogP contribution in [0.5, 0.6) is 0 Å². The zero-order chi connectivity index (χ0) is 20.8. The molecule has 0 saturated carbocycles. The Bertz CT molecular complexity index is 1400.